The van der Waals surface area contributed by atoms with Crippen molar-refractivity contribution in [3.63, 3.8) is 0 Å². The molecule has 0 amide bonds. The van der Waals surface area contributed by atoms with Gasteiger partial charge in [0, 0.05) is 79.0 Å². The van der Waals surface area contributed by atoms with E-state index in [1.54, 1.807) is 28.4 Å². The van der Waals surface area contributed by atoms with Gasteiger partial charge in [-0.05, 0) is 22.2 Å². The molecular formula is C24H56O8Si4. The second-order valence-corrected chi connectivity index (χ2v) is 27.6. The van der Waals surface area contributed by atoms with Crippen molar-refractivity contribution in [2.75, 3.05) is 54.9 Å². The summed E-state index contributed by atoms with van der Waals surface area (Å²) in [7, 11) is -4.46. The molecule has 0 radical (unpaired) electrons. The second-order valence-electron chi connectivity index (χ2n) is 11.2. The predicted molar refractivity (Wildman–Crippen MR) is 154 cm³/mol. The highest BCUT2D eigenvalue weighted by Gasteiger charge is 2.65. The van der Waals surface area contributed by atoms with Crippen molar-refractivity contribution in [2.24, 2.45) is 0 Å². The first-order valence-corrected chi connectivity index (χ1v) is 22.0. The smallest absolute Gasteiger partial charge is 0.325 e. The summed E-state index contributed by atoms with van der Waals surface area (Å²) in [5, 5.41) is 0. The SMILES string of the molecule is COCC[Si]1(C(C)C)O[Si](CCOC)(C(C)C)O[Si](CCOC)(C(C)C)O[Si](CCOC)(C(C)C)O1. The largest absolute Gasteiger partial charge is 0.415 e. The summed E-state index contributed by atoms with van der Waals surface area (Å²) in [5.74, 6) is 0. The third kappa shape index (κ3) is 8.27. The minimum atomic E-state index is -2.86. The van der Waals surface area contributed by atoms with E-state index < -0.39 is 34.2 Å². The standard InChI is InChI=1S/C24H56O8Si4/c1-21(2)33(17-13-25-9)29-34(22(3)4,18-14-26-10)31-36(24(7)8,20-16-28-12)32-35(30-33,23(5)6)19-15-27-11/h21-24H,13-20H2,1-12H3. The first-order chi connectivity index (χ1) is 16.8. The molecule has 216 valence electrons. The first-order valence-electron chi connectivity index (χ1n) is 13.6. The molecule has 0 aromatic rings. The zero-order chi connectivity index (χ0) is 27.6. The second kappa shape index (κ2) is 15.4. The normalized spacial score (nSPS) is 32.0. The van der Waals surface area contributed by atoms with Crippen LogP contribution in [0.5, 0.6) is 0 Å². The summed E-state index contributed by atoms with van der Waals surface area (Å²) in [6.07, 6.45) is 0. The molecule has 0 aromatic heterocycles. The molecule has 1 heterocycles. The van der Waals surface area contributed by atoms with Gasteiger partial charge in [-0.3, -0.25) is 0 Å². The summed E-state index contributed by atoms with van der Waals surface area (Å²) < 4.78 is 52.6. The van der Waals surface area contributed by atoms with Gasteiger partial charge in [0.25, 0.3) is 0 Å². The van der Waals surface area contributed by atoms with Crippen molar-refractivity contribution in [1.29, 1.82) is 0 Å². The Kier molecular flexibility index (Phi) is 14.8. The van der Waals surface area contributed by atoms with Crippen molar-refractivity contribution in [2.45, 2.75) is 102 Å². The van der Waals surface area contributed by atoms with Gasteiger partial charge in [-0.15, -0.1) is 0 Å². The lowest BCUT2D eigenvalue weighted by Crippen LogP contribution is -2.73. The van der Waals surface area contributed by atoms with E-state index in [4.69, 9.17) is 35.4 Å². The fourth-order valence-corrected chi connectivity index (χ4v) is 31.3. The Labute approximate surface area is 226 Å². The monoisotopic (exact) mass is 584 g/mol. The third-order valence-corrected chi connectivity index (χ3v) is 29.2. The number of ether oxygens (including phenoxy) is 4. The van der Waals surface area contributed by atoms with Crippen molar-refractivity contribution in [3.05, 3.63) is 0 Å². The van der Waals surface area contributed by atoms with Crippen LogP contribution in [0, 0.1) is 0 Å². The van der Waals surface area contributed by atoms with E-state index in [9.17, 15) is 0 Å². The van der Waals surface area contributed by atoms with Crippen LogP contribution in [0.4, 0.5) is 0 Å². The van der Waals surface area contributed by atoms with Crippen LogP contribution in [0.3, 0.4) is 0 Å². The quantitative estimate of drug-likeness (QED) is 0.203. The molecule has 0 N–H and O–H groups in total. The van der Waals surface area contributed by atoms with Crippen molar-refractivity contribution < 1.29 is 35.4 Å². The fraction of sp³-hybridized carbons (Fsp3) is 1.00. The van der Waals surface area contributed by atoms with Crippen LogP contribution >= 0.6 is 0 Å². The van der Waals surface area contributed by atoms with E-state index in [0.717, 1.165) is 24.2 Å². The van der Waals surface area contributed by atoms with E-state index in [-0.39, 0.29) is 22.2 Å². The minimum Gasteiger partial charge on any atom is -0.415 e. The third-order valence-electron chi connectivity index (χ3n) is 7.52. The van der Waals surface area contributed by atoms with Gasteiger partial charge < -0.3 is 35.4 Å². The molecule has 1 saturated heterocycles. The van der Waals surface area contributed by atoms with E-state index in [1.807, 2.05) is 0 Å². The molecule has 1 aliphatic rings. The van der Waals surface area contributed by atoms with Crippen LogP contribution < -0.4 is 0 Å². The van der Waals surface area contributed by atoms with E-state index >= 15 is 0 Å². The van der Waals surface area contributed by atoms with Crippen LogP contribution in [0.1, 0.15) is 55.4 Å². The van der Waals surface area contributed by atoms with Crippen LogP contribution in [-0.2, 0) is 35.4 Å². The molecule has 0 spiro atoms. The lowest BCUT2D eigenvalue weighted by molar-refractivity contribution is 0.148. The molecule has 1 aliphatic heterocycles. The molecule has 0 bridgehead atoms. The number of hydrogen-bond acceptors (Lipinski definition) is 8. The van der Waals surface area contributed by atoms with Gasteiger partial charge in [0.2, 0.25) is 0 Å². The number of hydrogen-bond donors (Lipinski definition) is 0. The lowest BCUT2D eigenvalue weighted by atomic mass is 10.6. The topological polar surface area (TPSA) is 73.8 Å². The Morgan fingerprint density at radius 1 is 0.389 bits per heavy atom. The molecule has 0 atom stereocenters. The fourth-order valence-electron chi connectivity index (χ4n) is 4.74. The zero-order valence-electron chi connectivity index (χ0n) is 25.2. The molecule has 36 heavy (non-hydrogen) atoms. The Morgan fingerprint density at radius 3 is 0.667 bits per heavy atom. The Balaban J connectivity index is 3.95. The summed E-state index contributed by atoms with van der Waals surface area (Å²) in [5.41, 5.74) is 0.809. The highest BCUT2D eigenvalue weighted by atomic mass is 28.5. The first kappa shape index (κ1) is 34.6. The van der Waals surface area contributed by atoms with E-state index in [2.05, 4.69) is 55.4 Å². The summed E-state index contributed by atoms with van der Waals surface area (Å²) >= 11 is 0. The van der Waals surface area contributed by atoms with Crippen LogP contribution in [0.25, 0.3) is 0 Å². The molecule has 0 unspecified atom stereocenters. The maximum Gasteiger partial charge on any atom is 0.325 e. The van der Waals surface area contributed by atoms with Gasteiger partial charge >= 0.3 is 34.2 Å². The van der Waals surface area contributed by atoms with E-state index in [1.165, 1.54) is 0 Å². The van der Waals surface area contributed by atoms with Crippen molar-refractivity contribution in [1.82, 2.24) is 0 Å². The van der Waals surface area contributed by atoms with Gasteiger partial charge in [0.15, 0.2) is 0 Å². The molecule has 1 fully saturated rings. The molecule has 0 aliphatic carbocycles. The Morgan fingerprint density at radius 2 is 0.556 bits per heavy atom. The average molecular weight is 585 g/mol. The Hall–Kier alpha value is 0.548. The highest BCUT2D eigenvalue weighted by molar-refractivity contribution is 6.96. The molecule has 8 nitrogen and oxygen atoms in total. The van der Waals surface area contributed by atoms with Gasteiger partial charge in [-0.1, -0.05) is 55.4 Å². The van der Waals surface area contributed by atoms with Crippen molar-refractivity contribution in [3.8, 4) is 0 Å². The highest BCUT2D eigenvalue weighted by Crippen LogP contribution is 2.49. The molecule has 1 rings (SSSR count). The van der Waals surface area contributed by atoms with Gasteiger partial charge in [-0.2, -0.15) is 0 Å². The van der Waals surface area contributed by atoms with Gasteiger partial charge in [-0.25, -0.2) is 0 Å². The maximum atomic E-state index is 7.55. The molecule has 0 aromatic carbocycles. The lowest BCUT2D eigenvalue weighted by Gasteiger charge is -2.57. The summed E-state index contributed by atoms with van der Waals surface area (Å²) in [4.78, 5) is 0. The molecular weight excluding hydrogens is 529 g/mol. The number of methoxy groups -OCH3 is 4. The zero-order valence-corrected chi connectivity index (χ0v) is 29.2. The maximum absolute atomic E-state index is 7.55. The van der Waals surface area contributed by atoms with Gasteiger partial charge in [0.1, 0.15) is 0 Å². The average Bonchev–Trinajstić information content (AvgIpc) is 2.80. The van der Waals surface area contributed by atoms with E-state index in [0.29, 0.717) is 26.4 Å². The molecule has 0 saturated carbocycles. The predicted octanol–water partition coefficient (Wildman–Crippen LogP) is 6.06. The van der Waals surface area contributed by atoms with Crippen LogP contribution in [-0.4, -0.2) is 89.1 Å². The van der Waals surface area contributed by atoms with Gasteiger partial charge in [0.05, 0.1) is 0 Å². The summed E-state index contributed by atoms with van der Waals surface area (Å²) in [6.45, 7) is 20.2. The van der Waals surface area contributed by atoms with Crippen LogP contribution in [0.15, 0.2) is 0 Å². The number of rotatable bonds is 16. The minimum absolute atomic E-state index is 0.202. The Bertz CT molecular complexity index is 509. The summed E-state index contributed by atoms with van der Waals surface area (Å²) in [6, 6.07) is 2.96. The molecule has 12 heteroatoms. The van der Waals surface area contributed by atoms with Crippen LogP contribution in [0.2, 0.25) is 46.3 Å². The van der Waals surface area contributed by atoms with Crippen molar-refractivity contribution >= 4 is 34.2 Å².